The maximum absolute atomic E-state index is 10.6. The lowest BCUT2D eigenvalue weighted by Crippen LogP contribution is -2.14. The monoisotopic (exact) mass is 344 g/mol. The molecule has 0 unspecified atom stereocenters. The van der Waals surface area contributed by atoms with E-state index in [9.17, 15) is 10.2 Å². The first-order valence-corrected chi connectivity index (χ1v) is 9.66. The molecule has 0 spiro atoms. The molecule has 0 saturated carbocycles. The average molecular weight is 345 g/mol. The van der Waals surface area contributed by atoms with Gasteiger partial charge in [0.1, 0.15) is 31.3 Å². The summed E-state index contributed by atoms with van der Waals surface area (Å²) in [7, 11) is 2.05. The average Bonchev–Trinajstić information content (AvgIpc) is 2.86. The molecular formula is C22H34NO2+. The minimum absolute atomic E-state index is 0.0419. The summed E-state index contributed by atoms with van der Waals surface area (Å²) in [5, 5.41) is 21.2. The molecule has 1 aromatic carbocycles. The molecule has 25 heavy (non-hydrogen) atoms. The van der Waals surface area contributed by atoms with Gasteiger partial charge in [0.15, 0.2) is 0 Å². The summed E-state index contributed by atoms with van der Waals surface area (Å²) in [6.45, 7) is 9.21. The summed E-state index contributed by atoms with van der Waals surface area (Å²) in [6, 6.07) is 3.69. The number of phenolic OH excluding ortho intramolecular Hbond substituents is 2. The molecule has 1 aliphatic heterocycles. The fourth-order valence-electron chi connectivity index (χ4n) is 3.99. The zero-order chi connectivity index (χ0) is 18.4. The third kappa shape index (κ3) is 5.35. The predicted molar refractivity (Wildman–Crippen MR) is 105 cm³/mol. The Labute approximate surface area is 152 Å². The lowest BCUT2D eigenvalue weighted by molar-refractivity contribution is -0.489. The topological polar surface area (TPSA) is 43.5 Å². The van der Waals surface area contributed by atoms with E-state index in [1.807, 2.05) is 26.1 Å². The molecule has 3 heteroatoms. The zero-order valence-corrected chi connectivity index (χ0v) is 16.1. The standard InChI is InChI=1S/C22H33NO2/c1-5-6-7-8-9-10-17-12-20(24)22(21(25)13-17)19-15-23(4)14-18(19)11-16(2)3/h12-13,15,18-19H,2,5-11,14H2,1,3-4H3,(H-,24,25)/p+1/t18-,19-/m1/s1. The lowest BCUT2D eigenvalue weighted by Gasteiger charge is -2.18. The fraction of sp³-hybridized carbons (Fsp3) is 0.591. The predicted octanol–water partition coefficient (Wildman–Crippen LogP) is 5.00. The fourth-order valence-corrected chi connectivity index (χ4v) is 3.99. The molecule has 1 aliphatic rings. The van der Waals surface area contributed by atoms with E-state index >= 15 is 0 Å². The number of unbranched alkanes of at least 4 members (excludes halogenated alkanes) is 4. The number of rotatable bonds is 9. The smallest absolute Gasteiger partial charge is 0.147 e. The maximum atomic E-state index is 10.6. The van der Waals surface area contributed by atoms with E-state index in [0.29, 0.717) is 11.5 Å². The van der Waals surface area contributed by atoms with Gasteiger partial charge in [-0.2, -0.15) is 0 Å². The van der Waals surface area contributed by atoms with Crippen LogP contribution < -0.4 is 0 Å². The van der Waals surface area contributed by atoms with Crippen molar-refractivity contribution in [3.8, 4) is 11.5 Å². The highest BCUT2D eigenvalue weighted by molar-refractivity contribution is 5.70. The molecule has 1 heterocycles. The summed E-state index contributed by atoms with van der Waals surface area (Å²) in [5.41, 5.74) is 2.84. The highest BCUT2D eigenvalue weighted by Gasteiger charge is 2.36. The van der Waals surface area contributed by atoms with Crippen molar-refractivity contribution in [1.29, 1.82) is 0 Å². The summed E-state index contributed by atoms with van der Waals surface area (Å²) >= 11 is 0. The second kappa shape index (κ2) is 9.07. The number of aromatic hydroxyl groups is 2. The first kappa shape index (κ1) is 19.6. The number of hydrogen-bond acceptors (Lipinski definition) is 2. The van der Waals surface area contributed by atoms with E-state index in [1.54, 1.807) is 0 Å². The molecule has 0 saturated heterocycles. The Balaban J connectivity index is 2.12. The van der Waals surface area contributed by atoms with Crippen molar-refractivity contribution in [2.75, 3.05) is 13.6 Å². The van der Waals surface area contributed by atoms with Crippen LogP contribution in [-0.4, -0.2) is 34.6 Å². The van der Waals surface area contributed by atoms with Crippen molar-refractivity contribution in [2.24, 2.45) is 5.92 Å². The van der Waals surface area contributed by atoms with Gasteiger partial charge >= 0.3 is 0 Å². The van der Waals surface area contributed by atoms with Gasteiger partial charge in [0.2, 0.25) is 0 Å². The van der Waals surface area contributed by atoms with Crippen LogP contribution in [0.15, 0.2) is 24.3 Å². The van der Waals surface area contributed by atoms with Gasteiger partial charge in [-0.05, 0) is 43.9 Å². The van der Waals surface area contributed by atoms with E-state index in [-0.39, 0.29) is 17.4 Å². The van der Waals surface area contributed by atoms with Gasteiger partial charge in [-0.1, -0.05) is 38.2 Å². The van der Waals surface area contributed by atoms with Crippen LogP contribution in [0.5, 0.6) is 11.5 Å². The van der Waals surface area contributed by atoms with Crippen LogP contribution in [0, 0.1) is 5.92 Å². The molecule has 2 rings (SSSR count). The van der Waals surface area contributed by atoms with Crippen LogP contribution in [0.25, 0.3) is 0 Å². The van der Waals surface area contributed by atoms with Crippen molar-refractivity contribution in [3.63, 3.8) is 0 Å². The van der Waals surface area contributed by atoms with Crippen molar-refractivity contribution in [2.45, 2.75) is 64.7 Å². The highest BCUT2D eigenvalue weighted by Crippen LogP contribution is 2.41. The molecule has 0 bridgehead atoms. The highest BCUT2D eigenvalue weighted by atomic mass is 16.3. The number of benzene rings is 1. The van der Waals surface area contributed by atoms with E-state index in [1.165, 1.54) is 25.7 Å². The van der Waals surface area contributed by atoms with E-state index in [0.717, 1.165) is 36.9 Å². The lowest BCUT2D eigenvalue weighted by atomic mass is 9.83. The van der Waals surface area contributed by atoms with E-state index < -0.39 is 0 Å². The van der Waals surface area contributed by atoms with Crippen LogP contribution in [0.4, 0.5) is 0 Å². The van der Waals surface area contributed by atoms with Crippen LogP contribution >= 0.6 is 0 Å². The molecule has 1 aromatic rings. The summed E-state index contributed by atoms with van der Waals surface area (Å²) in [5.74, 6) is 0.846. The van der Waals surface area contributed by atoms with E-state index in [2.05, 4.69) is 24.3 Å². The Bertz CT molecular complexity index is 610. The molecule has 0 radical (unpaired) electrons. The molecule has 3 nitrogen and oxygen atoms in total. The second-order valence-corrected chi connectivity index (χ2v) is 7.75. The minimum atomic E-state index is 0.0419. The Morgan fingerprint density at radius 1 is 1.16 bits per heavy atom. The molecule has 0 fully saturated rings. The quantitative estimate of drug-likeness (QED) is 0.376. The second-order valence-electron chi connectivity index (χ2n) is 7.75. The normalized spacial score (nSPS) is 19.9. The molecule has 2 N–H and O–H groups in total. The van der Waals surface area contributed by atoms with Crippen LogP contribution in [-0.2, 0) is 6.42 Å². The molecule has 0 amide bonds. The number of hydrogen-bond donors (Lipinski definition) is 2. The third-order valence-corrected chi connectivity index (χ3v) is 5.15. The molecule has 0 aliphatic carbocycles. The van der Waals surface area contributed by atoms with Crippen molar-refractivity contribution >= 4 is 6.21 Å². The SMILES string of the molecule is C=C(C)C[C@@H]1C[N+](C)=C[C@H]1c1c(O)cc(CCCCCCC)cc1O. The van der Waals surface area contributed by atoms with Crippen molar-refractivity contribution < 1.29 is 14.8 Å². The number of aryl methyl sites for hydroxylation is 1. The van der Waals surface area contributed by atoms with E-state index in [4.69, 9.17) is 0 Å². The van der Waals surface area contributed by atoms with Gasteiger partial charge < -0.3 is 10.2 Å². The van der Waals surface area contributed by atoms with Crippen molar-refractivity contribution in [1.82, 2.24) is 0 Å². The molecule has 138 valence electrons. The third-order valence-electron chi connectivity index (χ3n) is 5.15. The molecule has 0 aromatic heterocycles. The number of phenols is 2. The summed E-state index contributed by atoms with van der Waals surface area (Å²) in [6.07, 6.45) is 10.0. The summed E-state index contributed by atoms with van der Waals surface area (Å²) < 4.78 is 2.15. The van der Waals surface area contributed by atoms with Gasteiger partial charge in [-0.15, -0.1) is 6.58 Å². The van der Waals surface area contributed by atoms with Crippen LogP contribution in [0.3, 0.4) is 0 Å². The molecular weight excluding hydrogens is 310 g/mol. The van der Waals surface area contributed by atoms with Gasteiger partial charge in [-0.25, -0.2) is 4.58 Å². The van der Waals surface area contributed by atoms with Gasteiger partial charge in [0.25, 0.3) is 0 Å². The van der Waals surface area contributed by atoms with Crippen LogP contribution in [0.2, 0.25) is 0 Å². The number of allylic oxidation sites excluding steroid dienone is 1. The summed E-state index contributed by atoms with van der Waals surface area (Å²) in [4.78, 5) is 0. The Hall–Kier alpha value is -1.77. The largest absolute Gasteiger partial charge is 0.507 e. The van der Waals surface area contributed by atoms with Gasteiger partial charge in [0, 0.05) is 11.5 Å². The minimum Gasteiger partial charge on any atom is -0.507 e. The maximum Gasteiger partial charge on any atom is 0.147 e. The van der Waals surface area contributed by atoms with Gasteiger partial charge in [0.05, 0.1) is 5.92 Å². The first-order valence-electron chi connectivity index (χ1n) is 9.66. The van der Waals surface area contributed by atoms with Crippen LogP contribution in [0.1, 0.15) is 69.4 Å². The first-order chi connectivity index (χ1) is 11.9. The Kier molecular flexibility index (Phi) is 7.10. The van der Waals surface area contributed by atoms with Crippen molar-refractivity contribution in [3.05, 3.63) is 35.4 Å². The van der Waals surface area contributed by atoms with Gasteiger partial charge in [-0.3, -0.25) is 0 Å². The zero-order valence-electron chi connectivity index (χ0n) is 16.1. The Morgan fingerprint density at radius 3 is 2.40 bits per heavy atom. The Morgan fingerprint density at radius 2 is 1.80 bits per heavy atom. The number of nitrogens with zero attached hydrogens (tertiary/aromatic N) is 1. The molecule has 2 atom stereocenters.